The highest BCUT2D eigenvalue weighted by molar-refractivity contribution is 8.00. The average Bonchev–Trinajstić information content (AvgIpc) is 2.54. The largest absolute Gasteiger partial charge is 0.467 e. The highest BCUT2D eigenvalue weighted by atomic mass is 32.2. The van der Waals surface area contributed by atoms with Crippen LogP contribution in [-0.4, -0.2) is 49.7 Å². The summed E-state index contributed by atoms with van der Waals surface area (Å²) in [5, 5.41) is 0. The van der Waals surface area contributed by atoms with E-state index in [0.29, 0.717) is 23.6 Å². The number of hydrogen-bond acceptors (Lipinski definition) is 5. The highest BCUT2D eigenvalue weighted by Gasteiger charge is 2.52. The van der Waals surface area contributed by atoms with Crippen LogP contribution in [0, 0.1) is 11.8 Å². The number of methoxy groups -OCH3 is 2. The number of ether oxygens (including phenoxy) is 2. The molecule has 0 aromatic heterocycles. The van der Waals surface area contributed by atoms with Crippen molar-refractivity contribution in [3.8, 4) is 11.8 Å². The molecular weight excluding hydrogens is 314 g/mol. The Balaban J connectivity index is 2.39. The molecule has 1 aliphatic rings. The monoisotopic (exact) mass is 333 g/mol. The lowest BCUT2D eigenvalue weighted by Gasteiger charge is -2.47. The van der Waals surface area contributed by atoms with Crippen molar-refractivity contribution in [2.24, 2.45) is 0 Å². The lowest BCUT2D eigenvalue weighted by Crippen LogP contribution is -2.65. The van der Waals surface area contributed by atoms with Crippen molar-refractivity contribution in [2.45, 2.75) is 18.6 Å². The van der Waals surface area contributed by atoms with Crippen LogP contribution >= 0.6 is 11.8 Å². The molecular formula is C17H19NO4S. The Morgan fingerprint density at radius 2 is 2.00 bits per heavy atom. The third kappa shape index (κ3) is 3.36. The predicted octanol–water partition coefficient (Wildman–Crippen LogP) is 1.69. The van der Waals surface area contributed by atoms with Gasteiger partial charge in [0.15, 0.2) is 6.04 Å². The van der Waals surface area contributed by atoms with E-state index in [1.54, 1.807) is 37.9 Å². The molecule has 122 valence electrons. The summed E-state index contributed by atoms with van der Waals surface area (Å²) >= 11 is 1.66. The first-order chi connectivity index (χ1) is 11.1. The van der Waals surface area contributed by atoms with Gasteiger partial charge in [0, 0.05) is 29.9 Å². The first kappa shape index (κ1) is 17.4. The zero-order valence-corrected chi connectivity index (χ0v) is 14.2. The van der Waals surface area contributed by atoms with E-state index < -0.39 is 17.6 Å². The van der Waals surface area contributed by atoms with Gasteiger partial charge in [0.05, 0.1) is 7.11 Å². The molecule has 5 nitrogen and oxygen atoms in total. The molecule has 1 atom stereocenters. The van der Waals surface area contributed by atoms with Crippen molar-refractivity contribution in [3.05, 3.63) is 29.8 Å². The Morgan fingerprint density at radius 3 is 2.39 bits per heavy atom. The molecule has 1 aromatic rings. The van der Waals surface area contributed by atoms with E-state index in [4.69, 9.17) is 9.47 Å². The number of carbonyl (C=O) groups is 2. The number of amides is 1. The maximum atomic E-state index is 12.3. The van der Waals surface area contributed by atoms with Crippen molar-refractivity contribution >= 4 is 29.8 Å². The van der Waals surface area contributed by atoms with Crippen LogP contribution in [0.3, 0.4) is 0 Å². The average molecular weight is 333 g/mol. The Hall–Kier alpha value is -1.97. The van der Waals surface area contributed by atoms with Crippen LogP contribution in [0.25, 0.3) is 0 Å². The molecule has 23 heavy (non-hydrogen) atoms. The van der Waals surface area contributed by atoms with Gasteiger partial charge in [-0.2, -0.15) is 11.8 Å². The quantitative estimate of drug-likeness (QED) is 0.450. The molecule has 0 saturated carbocycles. The van der Waals surface area contributed by atoms with Crippen LogP contribution in [0.15, 0.2) is 24.3 Å². The molecule has 1 unspecified atom stereocenters. The van der Waals surface area contributed by atoms with Crippen molar-refractivity contribution < 1.29 is 19.1 Å². The third-order valence-electron chi connectivity index (χ3n) is 3.85. The Bertz CT molecular complexity index is 623. The van der Waals surface area contributed by atoms with Crippen molar-refractivity contribution in [1.29, 1.82) is 0 Å². The van der Waals surface area contributed by atoms with Gasteiger partial charge in [-0.1, -0.05) is 5.92 Å². The van der Waals surface area contributed by atoms with Gasteiger partial charge >= 0.3 is 5.97 Å². The second-order valence-corrected chi connectivity index (χ2v) is 6.11. The number of rotatable bonds is 6. The van der Waals surface area contributed by atoms with Crippen molar-refractivity contribution in [3.63, 3.8) is 0 Å². The van der Waals surface area contributed by atoms with Gasteiger partial charge in [-0.15, -0.1) is 5.92 Å². The first-order valence-electron chi connectivity index (χ1n) is 7.09. The van der Waals surface area contributed by atoms with Crippen LogP contribution in [0.5, 0.6) is 0 Å². The second-order valence-electron chi connectivity index (χ2n) is 5.12. The third-order valence-corrected chi connectivity index (χ3v) is 5.23. The summed E-state index contributed by atoms with van der Waals surface area (Å²) in [6.45, 7) is 1.76. The lowest BCUT2D eigenvalue weighted by molar-refractivity contribution is -0.150. The molecule has 1 saturated heterocycles. The molecule has 2 rings (SSSR count). The van der Waals surface area contributed by atoms with Crippen LogP contribution in [0.4, 0.5) is 5.69 Å². The molecule has 0 aliphatic carbocycles. The van der Waals surface area contributed by atoms with E-state index in [0.717, 1.165) is 5.56 Å². The van der Waals surface area contributed by atoms with Gasteiger partial charge in [-0.3, -0.25) is 9.69 Å². The number of hydrogen-bond donors (Lipinski definition) is 0. The number of benzene rings is 1. The number of esters is 1. The SMILES string of the molecule is CC#Cc1ccc(N(C=O)C(C(=O)OC)C2(OC)CSC2)cc1. The summed E-state index contributed by atoms with van der Waals surface area (Å²) in [6, 6.07) is 6.33. The first-order valence-corrected chi connectivity index (χ1v) is 8.24. The van der Waals surface area contributed by atoms with E-state index in [1.807, 2.05) is 12.1 Å². The molecule has 0 bridgehead atoms. The maximum absolute atomic E-state index is 12.3. The molecule has 1 fully saturated rings. The van der Waals surface area contributed by atoms with E-state index in [1.165, 1.54) is 12.0 Å². The van der Waals surface area contributed by atoms with Crippen LogP contribution in [-0.2, 0) is 19.1 Å². The van der Waals surface area contributed by atoms with E-state index in [9.17, 15) is 9.59 Å². The molecule has 1 heterocycles. The molecule has 1 aromatic carbocycles. The predicted molar refractivity (Wildman–Crippen MR) is 90.4 cm³/mol. The van der Waals surface area contributed by atoms with Crippen LogP contribution in [0.2, 0.25) is 0 Å². The number of nitrogens with zero attached hydrogens (tertiary/aromatic N) is 1. The molecule has 0 spiro atoms. The smallest absolute Gasteiger partial charge is 0.332 e. The van der Waals surface area contributed by atoms with E-state index >= 15 is 0 Å². The van der Waals surface area contributed by atoms with Gasteiger partial charge in [0.25, 0.3) is 0 Å². The Morgan fingerprint density at radius 1 is 1.35 bits per heavy atom. The number of carbonyl (C=O) groups excluding carboxylic acids is 2. The van der Waals surface area contributed by atoms with Gasteiger partial charge in [-0.05, 0) is 31.2 Å². The fourth-order valence-corrected chi connectivity index (χ4v) is 3.67. The fraction of sp³-hybridized carbons (Fsp3) is 0.412. The Labute approximate surface area is 140 Å². The summed E-state index contributed by atoms with van der Waals surface area (Å²) in [6.07, 6.45) is 0.645. The summed E-state index contributed by atoms with van der Waals surface area (Å²) in [5.41, 5.74) is 0.725. The minimum absolute atomic E-state index is 0.489. The Kier molecular flexibility index (Phi) is 5.69. The molecule has 1 amide bonds. The maximum Gasteiger partial charge on any atom is 0.332 e. The summed E-state index contributed by atoms with van der Waals surface area (Å²) in [5.74, 6) is 6.54. The minimum atomic E-state index is -0.820. The van der Waals surface area contributed by atoms with Gasteiger partial charge in [-0.25, -0.2) is 4.79 Å². The standard InChI is InChI=1S/C17H19NO4S/c1-4-5-13-6-8-14(9-7-13)18(12-19)15(16(20)21-2)17(22-3)10-23-11-17/h6-9,12,15H,10-11H2,1-3H3. The molecule has 0 radical (unpaired) electrons. The topological polar surface area (TPSA) is 55.8 Å². The van der Waals surface area contributed by atoms with Gasteiger partial charge < -0.3 is 9.47 Å². The fourth-order valence-electron chi connectivity index (χ4n) is 2.52. The minimum Gasteiger partial charge on any atom is -0.467 e. The highest BCUT2D eigenvalue weighted by Crippen LogP contribution is 2.39. The van der Waals surface area contributed by atoms with Crippen LogP contribution < -0.4 is 4.90 Å². The van der Waals surface area contributed by atoms with E-state index in [2.05, 4.69) is 11.8 Å². The van der Waals surface area contributed by atoms with Crippen molar-refractivity contribution in [2.75, 3.05) is 30.6 Å². The summed E-state index contributed by atoms with van der Waals surface area (Å²) in [4.78, 5) is 25.4. The number of anilines is 1. The summed E-state index contributed by atoms with van der Waals surface area (Å²) < 4.78 is 10.5. The van der Waals surface area contributed by atoms with Crippen LogP contribution in [0.1, 0.15) is 12.5 Å². The van der Waals surface area contributed by atoms with Crippen molar-refractivity contribution in [1.82, 2.24) is 0 Å². The lowest BCUT2D eigenvalue weighted by atomic mass is 9.95. The number of thioether (sulfide) groups is 1. The zero-order valence-electron chi connectivity index (χ0n) is 13.4. The normalized spacial score (nSPS) is 16.3. The van der Waals surface area contributed by atoms with Gasteiger partial charge in [0.1, 0.15) is 5.60 Å². The second kappa shape index (κ2) is 7.53. The van der Waals surface area contributed by atoms with E-state index in [-0.39, 0.29) is 0 Å². The molecule has 6 heteroatoms. The summed E-state index contributed by atoms with van der Waals surface area (Å²) in [7, 11) is 2.87. The van der Waals surface area contributed by atoms with Gasteiger partial charge in [0.2, 0.25) is 6.41 Å². The molecule has 1 aliphatic heterocycles. The molecule has 0 N–H and O–H groups in total. The zero-order chi connectivity index (χ0) is 16.9.